The first kappa shape index (κ1) is 16.3. The van der Waals surface area contributed by atoms with E-state index in [9.17, 15) is 10.2 Å². The van der Waals surface area contributed by atoms with Crippen molar-refractivity contribution < 1.29 is 14.9 Å². The molecular weight excluding hydrogens is 266 g/mol. The molecule has 4 nitrogen and oxygen atoms in total. The summed E-state index contributed by atoms with van der Waals surface area (Å²) in [6.45, 7) is 3.89. The first-order chi connectivity index (χ1) is 10.1. The molecule has 1 aliphatic rings. The number of hydrogen-bond donors (Lipinski definition) is 3. The second-order valence-corrected chi connectivity index (χ2v) is 6.17. The molecule has 0 radical (unpaired) electrons. The van der Waals surface area contributed by atoms with Crippen LogP contribution in [-0.2, 0) is 11.3 Å². The van der Waals surface area contributed by atoms with Gasteiger partial charge in [0.05, 0.1) is 18.8 Å². The molecule has 1 aromatic rings. The Balaban J connectivity index is 1.57. The van der Waals surface area contributed by atoms with Crippen LogP contribution in [0.1, 0.15) is 38.2 Å². The Morgan fingerprint density at radius 1 is 1.19 bits per heavy atom. The van der Waals surface area contributed by atoms with Gasteiger partial charge >= 0.3 is 0 Å². The number of rotatable bonds is 7. The first-order valence-corrected chi connectivity index (χ1v) is 7.92. The van der Waals surface area contributed by atoms with E-state index in [2.05, 4.69) is 12.2 Å². The Morgan fingerprint density at radius 3 is 2.52 bits per heavy atom. The van der Waals surface area contributed by atoms with E-state index < -0.39 is 6.10 Å². The molecule has 1 atom stereocenters. The van der Waals surface area contributed by atoms with Gasteiger partial charge in [-0.2, -0.15) is 0 Å². The lowest BCUT2D eigenvalue weighted by molar-refractivity contribution is -0.0278. The highest BCUT2D eigenvalue weighted by atomic mass is 16.5. The first-order valence-electron chi connectivity index (χ1n) is 7.92. The van der Waals surface area contributed by atoms with Gasteiger partial charge in [0, 0.05) is 13.1 Å². The van der Waals surface area contributed by atoms with Gasteiger partial charge < -0.3 is 20.3 Å². The summed E-state index contributed by atoms with van der Waals surface area (Å²) < 4.78 is 5.79. The fourth-order valence-corrected chi connectivity index (χ4v) is 2.70. The van der Waals surface area contributed by atoms with Crippen molar-refractivity contribution in [1.82, 2.24) is 5.32 Å². The van der Waals surface area contributed by atoms with E-state index >= 15 is 0 Å². The highest BCUT2D eigenvalue weighted by molar-refractivity contribution is 5.25. The molecule has 0 aliphatic heterocycles. The van der Waals surface area contributed by atoms with Crippen LogP contribution in [0.2, 0.25) is 0 Å². The third-order valence-electron chi connectivity index (χ3n) is 4.13. The minimum Gasteiger partial charge on any atom is -0.508 e. The average molecular weight is 293 g/mol. The maximum absolute atomic E-state index is 9.93. The predicted molar refractivity (Wildman–Crippen MR) is 83.2 cm³/mol. The summed E-state index contributed by atoms with van der Waals surface area (Å²) in [4.78, 5) is 0. The van der Waals surface area contributed by atoms with Crippen molar-refractivity contribution in [3.05, 3.63) is 29.8 Å². The van der Waals surface area contributed by atoms with Crippen LogP contribution in [0.15, 0.2) is 24.3 Å². The molecule has 1 saturated carbocycles. The minimum absolute atomic E-state index is 0.272. The van der Waals surface area contributed by atoms with Crippen molar-refractivity contribution in [3.8, 4) is 5.75 Å². The van der Waals surface area contributed by atoms with E-state index in [1.165, 1.54) is 12.8 Å². The molecule has 1 unspecified atom stereocenters. The summed E-state index contributed by atoms with van der Waals surface area (Å²) in [5.74, 6) is 1.09. The highest BCUT2D eigenvalue weighted by Gasteiger charge is 2.19. The molecule has 0 spiro atoms. The largest absolute Gasteiger partial charge is 0.508 e. The average Bonchev–Trinajstić information content (AvgIpc) is 2.49. The van der Waals surface area contributed by atoms with Crippen LogP contribution in [0, 0.1) is 5.92 Å². The molecule has 0 aromatic heterocycles. The van der Waals surface area contributed by atoms with Gasteiger partial charge in [-0.15, -0.1) is 0 Å². The van der Waals surface area contributed by atoms with E-state index in [1.807, 2.05) is 12.1 Å². The Morgan fingerprint density at radius 2 is 1.86 bits per heavy atom. The van der Waals surface area contributed by atoms with Crippen molar-refractivity contribution in [1.29, 1.82) is 0 Å². The lowest BCUT2D eigenvalue weighted by Crippen LogP contribution is -2.32. The van der Waals surface area contributed by atoms with Gasteiger partial charge in [-0.3, -0.25) is 0 Å². The normalized spacial score (nSPS) is 23.9. The summed E-state index contributed by atoms with van der Waals surface area (Å²) in [7, 11) is 0. The van der Waals surface area contributed by atoms with E-state index in [0.717, 1.165) is 24.3 Å². The van der Waals surface area contributed by atoms with Gasteiger partial charge in [0.15, 0.2) is 0 Å². The summed E-state index contributed by atoms with van der Waals surface area (Å²) in [6.07, 6.45) is 4.57. The third kappa shape index (κ3) is 6.04. The zero-order valence-electron chi connectivity index (χ0n) is 12.8. The fraction of sp³-hybridized carbons (Fsp3) is 0.647. The fourth-order valence-electron chi connectivity index (χ4n) is 2.70. The summed E-state index contributed by atoms with van der Waals surface area (Å²) in [5.41, 5.74) is 1.09. The predicted octanol–water partition coefficient (Wildman–Crippen LogP) is 2.44. The lowest BCUT2D eigenvalue weighted by Gasteiger charge is -2.27. The Labute approximate surface area is 127 Å². The maximum Gasteiger partial charge on any atom is 0.115 e. The number of aromatic hydroxyl groups is 1. The molecular formula is C17H27NO3. The van der Waals surface area contributed by atoms with Crippen LogP contribution in [0.5, 0.6) is 5.75 Å². The van der Waals surface area contributed by atoms with E-state index in [0.29, 0.717) is 25.8 Å². The third-order valence-corrected chi connectivity index (χ3v) is 4.13. The summed E-state index contributed by atoms with van der Waals surface area (Å²) >= 11 is 0. The second-order valence-electron chi connectivity index (χ2n) is 6.17. The number of aliphatic hydroxyl groups excluding tert-OH is 1. The van der Waals surface area contributed by atoms with Crippen LogP contribution < -0.4 is 5.32 Å². The molecule has 0 amide bonds. The number of phenolic OH excluding ortho intramolecular Hbond substituents is 1. The van der Waals surface area contributed by atoms with Gasteiger partial charge in [-0.25, -0.2) is 0 Å². The zero-order valence-corrected chi connectivity index (χ0v) is 12.8. The number of nitrogens with one attached hydrogen (secondary N) is 1. The van der Waals surface area contributed by atoms with Gasteiger partial charge in [0.1, 0.15) is 5.75 Å². The van der Waals surface area contributed by atoms with Crippen molar-refractivity contribution in [2.75, 3.05) is 13.2 Å². The van der Waals surface area contributed by atoms with E-state index in [4.69, 9.17) is 4.74 Å². The van der Waals surface area contributed by atoms with Crippen LogP contribution >= 0.6 is 0 Å². The highest BCUT2D eigenvalue weighted by Crippen LogP contribution is 2.25. The number of benzene rings is 1. The smallest absolute Gasteiger partial charge is 0.115 e. The molecule has 4 heteroatoms. The zero-order chi connectivity index (χ0) is 15.1. The molecule has 0 saturated heterocycles. The van der Waals surface area contributed by atoms with Crippen LogP contribution in [0.3, 0.4) is 0 Å². The summed E-state index contributed by atoms with van der Waals surface area (Å²) in [5, 5.41) is 22.3. The van der Waals surface area contributed by atoms with Gasteiger partial charge in [0.2, 0.25) is 0 Å². The van der Waals surface area contributed by atoms with Gasteiger partial charge in [-0.1, -0.05) is 19.1 Å². The molecule has 2 rings (SSSR count). The lowest BCUT2D eigenvalue weighted by atomic mass is 9.89. The van der Waals surface area contributed by atoms with Crippen LogP contribution in [-0.4, -0.2) is 35.6 Å². The van der Waals surface area contributed by atoms with Gasteiger partial charge in [0.25, 0.3) is 0 Å². The standard InChI is InChI=1S/C17H27NO3/c1-13-2-8-17(9-3-13)21-12-16(20)11-18-10-14-4-6-15(19)7-5-14/h4-7,13,16-20H,2-3,8-12H2,1H3. The molecule has 21 heavy (non-hydrogen) atoms. The summed E-state index contributed by atoms with van der Waals surface area (Å²) in [6, 6.07) is 7.07. The quantitative estimate of drug-likeness (QED) is 0.722. The number of hydrogen-bond acceptors (Lipinski definition) is 4. The molecule has 118 valence electrons. The SMILES string of the molecule is CC1CCC(OCC(O)CNCc2ccc(O)cc2)CC1. The van der Waals surface area contributed by atoms with Gasteiger partial charge in [-0.05, 0) is 49.3 Å². The van der Waals surface area contributed by atoms with Crippen molar-refractivity contribution in [2.24, 2.45) is 5.92 Å². The Kier molecular flexibility index (Phi) is 6.49. The molecule has 1 aliphatic carbocycles. The number of phenols is 1. The number of ether oxygens (including phenoxy) is 1. The Bertz CT molecular complexity index is 399. The maximum atomic E-state index is 9.93. The van der Waals surface area contributed by atoms with E-state index in [1.54, 1.807) is 12.1 Å². The van der Waals surface area contributed by atoms with Crippen LogP contribution in [0.25, 0.3) is 0 Å². The van der Waals surface area contributed by atoms with Crippen molar-refractivity contribution in [2.45, 2.75) is 51.4 Å². The monoisotopic (exact) mass is 293 g/mol. The minimum atomic E-state index is -0.471. The Hall–Kier alpha value is -1.10. The molecule has 1 aromatic carbocycles. The molecule has 0 heterocycles. The van der Waals surface area contributed by atoms with Crippen molar-refractivity contribution >= 4 is 0 Å². The van der Waals surface area contributed by atoms with E-state index in [-0.39, 0.29) is 5.75 Å². The topological polar surface area (TPSA) is 61.7 Å². The molecule has 1 fully saturated rings. The van der Waals surface area contributed by atoms with Crippen LogP contribution in [0.4, 0.5) is 0 Å². The van der Waals surface area contributed by atoms with Crippen molar-refractivity contribution in [3.63, 3.8) is 0 Å². The number of aliphatic hydroxyl groups is 1. The molecule has 0 bridgehead atoms. The second kappa shape index (κ2) is 8.37. The molecule has 3 N–H and O–H groups in total.